The van der Waals surface area contributed by atoms with E-state index < -0.39 is 10.0 Å². The fourth-order valence-electron chi connectivity index (χ4n) is 1.83. The Labute approximate surface area is 119 Å². The third-order valence-electron chi connectivity index (χ3n) is 3.31. The predicted octanol–water partition coefficient (Wildman–Crippen LogP) is 2.99. The van der Waals surface area contributed by atoms with Gasteiger partial charge in [0, 0.05) is 11.4 Å². The quantitative estimate of drug-likeness (QED) is 0.854. The summed E-state index contributed by atoms with van der Waals surface area (Å²) in [5.74, 6) is 0. The van der Waals surface area contributed by atoms with Crippen LogP contribution in [0.15, 0.2) is 41.3 Å². The van der Waals surface area contributed by atoms with Crippen molar-refractivity contribution >= 4 is 21.4 Å². The molecule has 2 rings (SSSR count). The highest BCUT2D eigenvalue weighted by Gasteiger charge is 2.15. The molecular weight excluding hydrogens is 272 g/mol. The number of sulfonamides is 1. The molecule has 0 radical (unpaired) electrons. The van der Waals surface area contributed by atoms with E-state index in [1.807, 2.05) is 26.0 Å². The lowest BCUT2D eigenvalue weighted by Gasteiger charge is -2.11. The zero-order valence-electron chi connectivity index (χ0n) is 11.8. The molecule has 4 nitrogen and oxygen atoms in total. The maximum Gasteiger partial charge on any atom is 0.261 e. The van der Waals surface area contributed by atoms with Crippen molar-refractivity contribution in [3.63, 3.8) is 0 Å². The molecule has 0 bridgehead atoms. The van der Waals surface area contributed by atoms with E-state index in [1.165, 1.54) is 6.07 Å². The summed E-state index contributed by atoms with van der Waals surface area (Å²) in [6.07, 6.45) is 0. The Morgan fingerprint density at radius 3 is 2.20 bits per heavy atom. The minimum atomic E-state index is -3.59. The van der Waals surface area contributed by atoms with Gasteiger partial charge in [0.2, 0.25) is 0 Å². The summed E-state index contributed by atoms with van der Waals surface area (Å²) in [5.41, 5.74) is 9.75. The van der Waals surface area contributed by atoms with E-state index >= 15 is 0 Å². The number of rotatable bonds is 3. The molecule has 0 aliphatic carbocycles. The van der Waals surface area contributed by atoms with Crippen molar-refractivity contribution < 1.29 is 8.42 Å². The van der Waals surface area contributed by atoms with Gasteiger partial charge >= 0.3 is 0 Å². The predicted molar refractivity (Wildman–Crippen MR) is 82.3 cm³/mol. The van der Waals surface area contributed by atoms with Crippen LogP contribution in [0.25, 0.3) is 0 Å². The Morgan fingerprint density at radius 2 is 1.60 bits per heavy atom. The van der Waals surface area contributed by atoms with Gasteiger partial charge in [-0.25, -0.2) is 8.42 Å². The number of benzene rings is 2. The average Bonchev–Trinajstić information content (AvgIpc) is 2.37. The van der Waals surface area contributed by atoms with Crippen molar-refractivity contribution in [1.29, 1.82) is 0 Å². The van der Waals surface area contributed by atoms with E-state index in [4.69, 9.17) is 5.73 Å². The van der Waals surface area contributed by atoms with Crippen molar-refractivity contribution in [2.45, 2.75) is 25.7 Å². The smallest absolute Gasteiger partial charge is 0.261 e. The summed E-state index contributed by atoms with van der Waals surface area (Å²) in [7, 11) is -3.59. The number of nitrogens with one attached hydrogen (secondary N) is 1. The highest BCUT2D eigenvalue weighted by Crippen LogP contribution is 2.21. The van der Waals surface area contributed by atoms with E-state index in [0.717, 1.165) is 16.7 Å². The van der Waals surface area contributed by atoms with Crippen LogP contribution in [-0.4, -0.2) is 8.42 Å². The average molecular weight is 290 g/mol. The van der Waals surface area contributed by atoms with Crippen molar-refractivity contribution in [3.05, 3.63) is 53.1 Å². The fourth-order valence-corrected chi connectivity index (χ4v) is 2.97. The van der Waals surface area contributed by atoms with Crippen molar-refractivity contribution in [2.24, 2.45) is 0 Å². The summed E-state index contributed by atoms with van der Waals surface area (Å²) >= 11 is 0. The van der Waals surface area contributed by atoms with E-state index in [2.05, 4.69) is 4.72 Å². The van der Waals surface area contributed by atoms with E-state index in [9.17, 15) is 8.42 Å². The Bertz CT molecular complexity index is 752. The first kappa shape index (κ1) is 14.4. The second-order valence-electron chi connectivity index (χ2n) is 4.92. The van der Waals surface area contributed by atoms with Gasteiger partial charge in [-0.15, -0.1) is 0 Å². The largest absolute Gasteiger partial charge is 0.399 e. The van der Waals surface area contributed by atoms with Gasteiger partial charge in [-0.05, 0) is 67.8 Å². The van der Waals surface area contributed by atoms with Crippen LogP contribution in [0.3, 0.4) is 0 Å². The first-order valence-electron chi connectivity index (χ1n) is 6.26. The van der Waals surface area contributed by atoms with Crippen LogP contribution in [0.4, 0.5) is 11.4 Å². The molecule has 0 aliphatic rings. The maximum atomic E-state index is 12.3. The normalized spacial score (nSPS) is 11.3. The second-order valence-corrected chi connectivity index (χ2v) is 6.61. The van der Waals surface area contributed by atoms with Crippen molar-refractivity contribution in [1.82, 2.24) is 0 Å². The van der Waals surface area contributed by atoms with Crippen LogP contribution < -0.4 is 10.5 Å². The number of hydrogen-bond donors (Lipinski definition) is 2. The molecule has 106 valence electrons. The molecule has 0 saturated carbocycles. The fraction of sp³-hybridized carbons (Fsp3) is 0.200. The van der Waals surface area contributed by atoms with Crippen molar-refractivity contribution in [2.75, 3.05) is 10.5 Å². The van der Waals surface area contributed by atoms with Crippen LogP contribution in [0, 0.1) is 20.8 Å². The van der Waals surface area contributed by atoms with Gasteiger partial charge in [0.1, 0.15) is 0 Å². The molecule has 0 heterocycles. The van der Waals surface area contributed by atoms with Gasteiger partial charge in [-0.1, -0.05) is 6.07 Å². The highest BCUT2D eigenvalue weighted by atomic mass is 32.2. The van der Waals surface area contributed by atoms with E-state index in [0.29, 0.717) is 11.4 Å². The minimum Gasteiger partial charge on any atom is -0.399 e. The minimum absolute atomic E-state index is 0.211. The molecule has 0 saturated heterocycles. The number of nitrogens with two attached hydrogens (primary N) is 1. The summed E-state index contributed by atoms with van der Waals surface area (Å²) < 4.78 is 27.2. The molecule has 0 fully saturated rings. The Morgan fingerprint density at radius 1 is 0.900 bits per heavy atom. The maximum absolute atomic E-state index is 12.3. The number of hydrogen-bond acceptors (Lipinski definition) is 3. The first-order valence-corrected chi connectivity index (χ1v) is 7.74. The topological polar surface area (TPSA) is 72.2 Å². The molecule has 0 aliphatic heterocycles. The number of nitrogen functional groups attached to an aromatic ring is 1. The molecule has 0 spiro atoms. The van der Waals surface area contributed by atoms with Crippen LogP contribution in [0.2, 0.25) is 0 Å². The number of anilines is 2. The molecule has 5 heteroatoms. The number of aryl methyl sites for hydroxylation is 3. The highest BCUT2D eigenvalue weighted by molar-refractivity contribution is 7.92. The van der Waals surface area contributed by atoms with Crippen LogP contribution in [0.5, 0.6) is 0 Å². The van der Waals surface area contributed by atoms with Gasteiger partial charge in [0.05, 0.1) is 4.90 Å². The SMILES string of the molecule is Cc1ccc(NS(=O)(=O)c2ccc(N)c(C)c2)cc1C. The molecule has 0 amide bonds. The summed E-state index contributed by atoms with van der Waals surface area (Å²) in [6, 6.07) is 10.1. The molecule has 0 aromatic heterocycles. The lowest BCUT2D eigenvalue weighted by Crippen LogP contribution is -2.13. The molecule has 2 aromatic carbocycles. The molecule has 3 N–H and O–H groups in total. The molecule has 0 atom stereocenters. The lowest BCUT2D eigenvalue weighted by atomic mass is 10.1. The van der Waals surface area contributed by atoms with Crippen LogP contribution >= 0.6 is 0 Å². The van der Waals surface area contributed by atoms with Crippen molar-refractivity contribution in [3.8, 4) is 0 Å². The van der Waals surface area contributed by atoms with E-state index in [-0.39, 0.29) is 4.90 Å². The molecule has 0 unspecified atom stereocenters. The summed E-state index contributed by atoms with van der Waals surface area (Å²) in [6.45, 7) is 5.71. The molecule has 20 heavy (non-hydrogen) atoms. The lowest BCUT2D eigenvalue weighted by molar-refractivity contribution is 0.601. The zero-order chi connectivity index (χ0) is 14.9. The summed E-state index contributed by atoms with van der Waals surface area (Å²) in [4.78, 5) is 0.211. The van der Waals surface area contributed by atoms with Gasteiger partial charge in [0.25, 0.3) is 10.0 Å². The molecular formula is C15H18N2O2S. The van der Waals surface area contributed by atoms with Crippen LogP contribution in [0.1, 0.15) is 16.7 Å². The Kier molecular flexibility index (Phi) is 3.72. The van der Waals surface area contributed by atoms with Crippen LogP contribution in [-0.2, 0) is 10.0 Å². The third-order valence-corrected chi connectivity index (χ3v) is 4.69. The van der Waals surface area contributed by atoms with E-state index in [1.54, 1.807) is 25.1 Å². The third kappa shape index (κ3) is 2.93. The summed E-state index contributed by atoms with van der Waals surface area (Å²) in [5, 5.41) is 0. The zero-order valence-corrected chi connectivity index (χ0v) is 12.6. The second kappa shape index (κ2) is 5.17. The monoisotopic (exact) mass is 290 g/mol. The standard InChI is InChI=1S/C15H18N2O2S/c1-10-4-5-13(8-11(10)2)17-20(18,19)14-6-7-15(16)12(3)9-14/h4-9,17H,16H2,1-3H3. The van der Waals surface area contributed by atoms with Gasteiger partial charge < -0.3 is 5.73 Å². The van der Waals surface area contributed by atoms with Gasteiger partial charge in [-0.2, -0.15) is 0 Å². The van der Waals surface area contributed by atoms with Gasteiger partial charge in [0.15, 0.2) is 0 Å². The molecule has 2 aromatic rings. The van der Waals surface area contributed by atoms with Gasteiger partial charge in [-0.3, -0.25) is 4.72 Å². The first-order chi connectivity index (χ1) is 9.29. The Balaban J connectivity index is 2.35. The Hall–Kier alpha value is -2.01.